The van der Waals surface area contributed by atoms with Gasteiger partial charge in [0.25, 0.3) is 0 Å². The molecule has 0 aromatic rings. The van der Waals surface area contributed by atoms with Gasteiger partial charge in [0.1, 0.15) is 0 Å². The number of quaternary nitrogens is 2. The number of hydrogen-bond acceptors (Lipinski definition) is 8. The molecule has 0 amide bonds. The van der Waals surface area contributed by atoms with Gasteiger partial charge in [0.15, 0.2) is 0 Å². The molecule has 12 heteroatoms. The Balaban J connectivity index is -0.000000244. The van der Waals surface area contributed by atoms with Crippen molar-refractivity contribution in [1.82, 2.24) is 0 Å². The van der Waals surface area contributed by atoms with E-state index in [1.807, 2.05) is 0 Å². The van der Waals surface area contributed by atoms with Gasteiger partial charge in [0.2, 0.25) is 10.4 Å². The molecule has 0 atom stereocenters. The van der Waals surface area contributed by atoms with E-state index in [1.165, 1.54) is 0 Å². The Morgan fingerprint density at radius 3 is 1.00 bits per heavy atom. The largest absolute Gasteiger partial charge is 0.725 e. The molecule has 0 saturated carbocycles. The fourth-order valence-electron chi connectivity index (χ4n) is 0.113. The van der Waals surface area contributed by atoms with E-state index in [0.29, 0.717) is 0 Å². The molecule has 0 heterocycles. The second kappa shape index (κ2) is 8.84. The van der Waals surface area contributed by atoms with Crippen LogP contribution in [0, 0.1) is 0 Å². The van der Waals surface area contributed by atoms with Gasteiger partial charge < -0.3 is 23.1 Å². The van der Waals surface area contributed by atoms with Gasteiger partial charge in [-0.05, 0) is 0 Å². The van der Waals surface area contributed by atoms with Crippen molar-refractivity contribution in [1.29, 1.82) is 0 Å². The standard InChI is InChI=1S/2C4H12N.H2O8S2/c2*1-5(2,3)4;1-7-10(5,6)8-9(2,3)4/h2*1-4H3;1H,(H,2,3,4)/q2*+1;/p-2. The molecule has 0 aliphatic rings. The van der Waals surface area contributed by atoms with E-state index in [4.69, 9.17) is 5.26 Å². The van der Waals surface area contributed by atoms with E-state index >= 15 is 0 Å². The molecule has 0 saturated heterocycles. The van der Waals surface area contributed by atoms with Crippen molar-refractivity contribution in [2.45, 2.75) is 0 Å². The van der Waals surface area contributed by atoms with Crippen molar-refractivity contribution >= 4 is 20.8 Å². The van der Waals surface area contributed by atoms with Gasteiger partial charge in [0, 0.05) is 0 Å². The average Bonchev–Trinajstić information content (AvgIpc) is 1.92. The van der Waals surface area contributed by atoms with E-state index in [0.717, 1.165) is 8.97 Å². The first-order valence-electron chi connectivity index (χ1n) is 5.08. The summed E-state index contributed by atoms with van der Waals surface area (Å²) in [5.41, 5.74) is 0. The molecule has 0 fully saturated rings. The van der Waals surface area contributed by atoms with E-state index in [9.17, 15) is 21.4 Å². The predicted octanol–water partition coefficient (Wildman–Crippen LogP) is -2.36. The lowest BCUT2D eigenvalue weighted by Gasteiger charge is -2.14. The number of hydrogen-bond donors (Lipinski definition) is 0. The summed E-state index contributed by atoms with van der Waals surface area (Å²) in [4.78, 5) is 0. The predicted molar refractivity (Wildman–Crippen MR) is 68.7 cm³/mol. The van der Waals surface area contributed by atoms with Crippen LogP contribution in [0.3, 0.4) is 0 Å². The molecular weight excluding hydrogens is 316 g/mol. The molecular formula is C8H24N2O8S2. The number of nitrogens with zero attached hydrogens (tertiary/aromatic N) is 2. The molecule has 0 radical (unpaired) electrons. The summed E-state index contributed by atoms with van der Waals surface area (Å²) in [7, 11) is 6.31. The van der Waals surface area contributed by atoms with Crippen LogP contribution in [0.2, 0.25) is 0 Å². The van der Waals surface area contributed by atoms with Gasteiger partial charge in [-0.15, -0.1) is 3.63 Å². The Kier molecular flexibility index (Phi) is 10.9. The summed E-state index contributed by atoms with van der Waals surface area (Å²) in [5.74, 6) is 0. The van der Waals surface area contributed by atoms with E-state index in [2.05, 4.69) is 64.3 Å². The fraction of sp³-hybridized carbons (Fsp3) is 1.00. The van der Waals surface area contributed by atoms with E-state index < -0.39 is 20.8 Å². The Morgan fingerprint density at radius 2 is 0.950 bits per heavy atom. The topological polar surface area (TPSA) is 133 Å². The Hall–Kier alpha value is -0.340. The van der Waals surface area contributed by atoms with Crippen molar-refractivity contribution in [3.8, 4) is 0 Å². The Labute approximate surface area is 121 Å². The highest BCUT2D eigenvalue weighted by molar-refractivity contribution is 7.94. The highest BCUT2D eigenvalue weighted by atomic mass is 32.3. The minimum Gasteiger partial charge on any atom is -0.725 e. The van der Waals surface area contributed by atoms with Crippen LogP contribution in [-0.4, -0.2) is 86.7 Å². The van der Waals surface area contributed by atoms with Gasteiger partial charge in [-0.25, -0.2) is 8.42 Å². The molecule has 126 valence electrons. The van der Waals surface area contributed by atoms with Gasteiger partial charge in [-0.1, -0.05) is 0 Å². The van der Waals surface area contributed by atoms with Crippen LogP contribution >= 0.6 is 0 Å². The third kappa shape index (κ3) is 65.4. The maximum Gasteiger partial charge on any atom is 0.405 e. The highest BCUT2D eigenvalue weighted by Crippen LogP contribution is 1.95. The van der Waals surface area contributed by atoms with E-state index in [-0.39, 0.29) is 0 Å². The third-order valence-corrected chi connectivity index (χ3v) is 1.75. The van der Waals surface area contributed by atoms with Gasteiger partial charge in [0.05, 0.1) is 56.4 Å². The van der Waals surface area contributed by atoms with Crippen molar-refractivity contribution in [3.63, 3.8) is 0 Å². The summed E-state index contributed by atoms with van der Waals surface area (Å²) in [5, 5.41) is 9.01. The summed E-state index contributed by atoms with van der Waals surface area (Å²) in [6.45, 7) is 0. The molecule has 0 unspecified atom stereocenters. The zero-order valence-electron chi connectivity index (χ0n) is 13.0. The molecule has 0 spiro atoms. The van der Waals surface area contributed by atoms with Crippen molar-refractivity contribution < 1.29 is 43.6 Å². The molecule has 0 bridgehead atoms. The maximum atomic E-state index is 9.68. The fourth-order valence-corrected chi connectivity index (χ4v) is 1.02. The van der Waals surface area contributed by atoms with Crippen LogP contribution in [0.1, 0.15) is 0 Å². The molecule has 0 aliphatic heterocycles. The van der Waals surface area contributed by atoms with Crippen LogP contribution < -0.4 is 5.26 Å². The minimum absolute atomic E-state index is 1.00. The second-order valence-electron chi connectivity index (χ2n) is 6.32. The zero-order valence-corrected chi connectivity index (χ0v) is 14.6. The summed E-state index contributed by atoms with van der Waals surface area (Å²) >= 11 is 0. The highest BCUT2D eigenvalue weighted by Gasteiger charge is 2.10. The molecule has 0 aliphatic carbocycles. The van der Waals surface area contributed by atoms with Crippen LogP contribution in [0.25, 0.3) is 0 Å². The van der Waals surface area contributed by atoms with Crippen LogP contribution in [-0.2, 0) is 28.8 Å². The molecule has 0 aromatic carbocycles. The summed E-state index contributed by atoms with van der Waals surface area (Å²) in [6.07, 6.45) is 0. The Morgan fingerprint density at radius 1 is 0.750 bits per heavy atom. The first-order valence-corrected chi connectivity index (χ1v) is 7.74. The van der Waals surface area contributed by atoms with Crippen molar-refractivity contribution in [2.24, 2.45) is 0 Å². The first-order chi connectivity index (χ1) is 8.27. The lowest BCUT2D eigenvalue weighted by Crippen LogP contribution is -2.27. The van der Waals surface area contributed by atoms with Crippen LogP contribution in [0.15, 0.2) is 0 Å². The summed E-state index contributed by atoms with van der Waals surface area (Å²) < 4.78 is 54.5. The quantitative estimate of drug-likeness (QED) is 0.183. The number of rotatable bonds is 3. The molecule has 0 rings (SSSR count). The summed E-state index contributed by atoms with van der Waals surface area (Å²) in [6, 6.07) is 0. The lowest BCUT2D eigenvalue weighted by molar-refractivity contribution is -0.849. The molecule has 0 N–H and O–H groups in total. The SMILES string of the molecule is C[N+](C)(C)C.C[N+](C)(C)C.O=S(=O)([O-])OS(=O)(=O)O[O-]. The van der Waals surface area contributed by atoms with Crippen LogP contribution in [0.5, 0.6) is 0 Å². The monoisotopic (exact) mass is 340 g/mol. The normalized spacial score (nSPS) is 12.7. The minimum atomic E-state index is -5.46. The van der Waals surface area contributed by atoms with Crippen LogP contribution in [0.4, 0.5) is 0 Å². The van der Waals surface area contributed by atoms with Gasteiger partial charge >= 0.3 is 10.4 Å². The molecule has 0 aromatic heterocycles. The van der Waals surface area contributed by atoms with Gasteiger partial charge in [-0.3, -0.25) is 0 Å². The smallest absolute Gasteiger partial charge is 0.405 e. The molecule has 10 nitrogen and oxygen atoms in total. The second-order valence-corrected chi connectivity index (χ2v) is 8.63. The van der Waals surface area contributed by atoms with Crippen molar-refractivity contribution in [2.75, 3.05) is 56.4 Å². The first kappa shape index (κ1) is 24.7. The maximum absolute atomic E-state index is 9.68. The Bertz CT molecular complexity index is 420. The third-order valence-electron chi connectivity index (χ3n) is 0.250. The van der Waals surface area contributed by atoms with E-state index in [1.54, 1.807) is 0 Å². The average molecular weight is 340 g/mol. The zero-order chi connectivity index (χ0) is 17.4. The van der Waals surface area contributed by atoms with Crippen molar-refractivity contribution in [3.05, 3.63) is 0 Å². The van der Waals surface area contributed by atoms with Gasteiger partial charge in [-0.2, -0.15) is 8.42 Å². The lowest BCUT2D eigenvalue weighted by atomic mass is 10.8. The molecule has 20 heavy (non-hydrogen) atoms.